The molecule has 8 nitrogen and oxygen atoms in total. The number of methoxy groups -OCH3 is 1. The number of nitrogens with two attached hydrogens (primary N) is 2. The highest BCUT2D eigenvalue weighted by Gasteiger charge is 2.62. The van der Waals surface area contributed by atoms with Gasteiger partial charge in [-0.3, -0.25) is 19.8 Å². The molecule has 210 valence electrons. The maximum absolute atomic E-state index is 14.1. The number of hydrogen-bond donors (Lipinski definition) is 3. The van der Waals surface area contributed by atoms with E-state index in [4.69, 9.17) is 21.6 Å². The summed E-state index contributed by atoms with van der Waals surface area (Å²) in [4.78, 5) is 42.3. The number of amides is 1. The van der Waals surface area contributed by atoms with Crippen molar-refractivity contribution in [1.82, 2.24) is 4.90 Å². The molecule has 1 amide bonds. The second kappa shape index (κ2) is 12.9. The first-order chi connectivity index (χ1) is 18.7. The van der Waals surface area contributed by atoms with Gasteiger partial charge in [-0.15, -0.1) is 12.4 Å². The van der Waals surface area contributed by atoms with Gasteiger partial charge in [0.05, 0.1) is 7.11 Å². The molecule has 1 saturated heterocycles. The summed E-state index contributed by atoms with van der Waals surface area (Å²) in [6.45, 7) is 1.80. The largest absolute Gasteiger partial charge is 0.468 e. The zero-order valence-electron chi connectivity index (χ0n) is 22.6. The number of halogens is 1. The number of amidine groups is 1. The number of likely N-dealkylation sites (tertiary alicyclic amines) is 1. The maximum Gasteiger partial charge on any atom is 0.321 e. The molecule has 5 N–H and O–H groups in total. The Balaban J connectivity index is 0.00000441. The number of nitrogen functional groups attached to an aromatic ring is 1. The van der Waals surface area contributed by atoms with Crippen molar-refractivity contribution in [3.8, 4) is 11.1 Å². The molecule has 4 rings (SSSR count). The lowest BCUT2D eigenvalue weighted by Crippen LogP contribution is -2.45. The molecule has 1 unspecified atom stereocenters. The molecule has 0 aromatic heterocycles. The van der Waals surface area contributed by atoms with Crippen molar-refractivity contribution >= 4 is 35.9 Å². The minimum absolute atomic E-state index is 0. The van der Waals surface area contributed by atoms with E-state index in [0.29, 0.717) is 24.1 Å². The van der Waals surface area contributed by atoms with Gasteiger partial charge in [0.15, 0.2) is 5.78 Å². The van der Waals surface area contributed by atoms with E-state index in [2.05, 4.69) is 0 Å². The number of esters is 1. The van der Waals surface area contributed by atoms with Gasteiger partial charge in [-0.2, -0.15) is 0 Å². The minimum Gasteiger partial charge on any atom is -0.468 e. The topological polar surface area (TPSA) is 140 Å². The van der Waals surface area contributed by atoms with Crippen LogP contribution in [0.4, 0.5) is 0 Å². The van der Waals surface area contributed by atoms with Crippen LogP contribution >= 0.6 is 12.4 Å². The van der Waals surface area contributed by atoms with Crippen LogP contribution in [0, 0.1) is 16.7 Å². The summed E-state index contributed by atoms with van der Waals surface area (Å²) in [7, 11) is 1.24. The highest BCUT2D eigenvalue weighted by atomic mass is 35.5. The van der Waals surface area contributed by atoms with E-state index in [1.54, 1.807) is 30.3 Å². The standard InChI is InChI=1S/C31H34N4O4.ClH/c1-31(30(38)39-2)25(19-32)26(35(29(31)37)17-7-10-20-8-4-3-5-9-20)27(36)24-12-6-11-23(18-24)21-13-15-22(16-14-21)28(33)34;/h3-6,8-9,11-16,18,25-26H,7,10,17,19,32H2,1-2H3,(H3,33,34);1H/t25?,26-,31-;/m0./s1. The number of ether oxygens (including phenoxy) is 1. The van der Waals surface area contributed by atoms with Crippen molar-refractivity contribution < 1.29 is 19.1 Å². The van der Waals surface area contributed by atoms with E-state index < -0.39 is 29.3 Å². The van der Waals surface area contributed by atoms with Crippen molar-refractivity contribution in [2.45, 2.75) is 25.8 Å². The van der Waals surface area contributed by atoms with Crippen LogP contribution in [0.1, 0.15) is 34.8 Å². The van der Waals surface area contributed by atoms with Crippen LogP contribution < -0.4 is 11.5 Å². The number of rotatable bonds is 10. The summed E-state index contributed by atoms with van der Waals surface area (Å²) in [6.07, 6.45) is 1.34. The molecule has 40 heavy (non-hydrogen) atoms. The lowest BCUT2D eigenvalue weighted by Gasteiger charge is -2.28. The zero-order chi connectivity index (χ0) is 28.2. The second-order valence-corrected chi connectivity index (χ2v) is 10.0. The third-order valence-corrected chi connectivity index (χ3v) is 7.68. The first kappa shape index (κ1) is 30.5. The number of carbonyl (C=O) groups excluding carboxylic acids is 3. The third kappa shape index (κ3) is 5.78. The summed E-state index contributed by atoms with van der Waals surface area (Å²) in [5.41, 5.74) is 14.0. The smallest absolute Gasteiger partial charge is 0.321 e. The highest BCUT2D eigenvalue weighted by molar-refractivity contribution is 6.11. The Kier molecular flexibility index (Phi) is 9.84. The average molecular weight is 563 g/mol. The fraction of sp³-hybridized carbons (Fsp3) is 0.290. The Morgan fingerprint density at radius 1 is 0.975 bits per heavy atom. The van der Waals surface area contributed by atoms with Crippen molar-refractivity contribution in [2.75, 3.05) is 20.2 Å². The van der Waals surface area contributed by atoms with Gasteiger partial charge in [0, 0.05) is 23.6 Å². The Morgan fingerprint density at radius 3 is 2.25 bits per heavy atom. The Hall–Kier alpha value is -4.01. The van der Waals surface area contributed by atoms with E-state index in [9.17, 15) is 14.4 Å². The fourth-order valence-corrected chi connectivity index (χ4v) is 5.46. The predicted octanol–water partition coefficient (Wildman–Crippen LogP) is 3.84. The molecule has 1 fully saturated rings. The number of aryl methyl sites for hydroxylation is 1. The van der Waals surface area contributed by atoms with Crippen LogP contribution in [0.25, 0.3) is 11.1 Å². The predicted molar refractivity (Wildman–Crippen MR) is 157 cm³/mol. The van der Waals surface area contributed by atoms with E-state index >= 15 is 0 Å². The van der Waals surface area contributed by atoms with Crippen LogP contribution in [0.2, 0.25) is 0 Å². The molecule has 0 aliphatic carbocycles. The number of nitrogens with one attached hydrogen (secondary N) is 1. The monoisotopic (exact) mass is 562 g/mol. The Bertz CT molecular complexity index is 1380. The van der Waals surface area contributed by atoms with Crippen LogP contribution in [-0.4, -0.2) is 54.6 Å². The maximum atomic E-state index is 14.1. The van der Waals surface area contributed by atoms with Crippen LogP contribution in [0.15, 0.2) is 78.9 Å². The minimum atomic E-state index is -1.56. The van der Waals surface area contributed by atoms with Gasteiger partial charge in [-0.25, -0.2) is 0 Å². The Morgan fingerprint density at radius 2 is 1.65 bits per heavy atom. The van der Waals surface area contributed by atoms with Gasteiger partial charge in [0.1, 0.15) is 17.3 Å². The molecule has 1 heterocycles. The van der Waals surface area contributed by atoms with Crippen molar-refractivity contribution in [2.24, 2.45) is 22.8 Å². The molecule has 3 aromatic rings. The number of carbonyl (C=O) groups is 3. The van der Waals surface area contributed by atoms with Crippen LogP contribution in [0.5, 0.6) is 0 Å². The number of hydrogen-bond acceptors (Lipinski definition) is 6. The Labute approximate surface area is 240 Å². The lowest BCUT2D eigenvalue weighted by molar-refractivity contribution is -0.159. The average Bonchev–Trinajstić information content (AvgIpc) is 3.19. The normalized spacial score (nSPS) is 20.1. The molecular weight excluding hydrogens is 528 g/mol. The number of benzene rings is 3. The van der Waals surface area contributed by atoms with Gasteiger partial charge in [0.25, 0.3) is 0 Å². The molecule has 3 atom stereocenters. The van der Waals surface area contributed by atoms with Crippen molar-refractivity contribution in [1.29, 1.82) is 5.41 Å². The van der Waals surface area contributed by atoms with E-state index in [1.807, 2.05) is 48.5 Å². The molecule has 0 spiro atoms. The van der Waals surface area contributed by atoms with Gasteiger partial charge < -0.3 is 21.1 Å². The van der Waals surface area contributed by atoms with E-state index in [1.165, 1.54) is 18.9 Å². The molecule has 0 radical (unpaired) electrons. The van der Waals surface area contributed by atoms with Gasteiger partial charge >= 0.3 is 5.97 Å². The highest BCUT2D eigenvalue weighted by Crippen LogP contribution is 2.43. The van der Waals surface area contributed by atoms with Crippen molar-refractivity contribution in [3.05, 3.63) is 95.6 Å². The first-order valence-corrected chi connectivity index (χ1v) is 12.9. The van der Waals surface area contributed by atoms with Crippen molar-refractivity contribution in [3.63, 3.8) is 0 Å². The zero-order valence-corrected chi connectivity index (χ0v) is 23.4. The third-order valence-electron chi connectivity index (χ3n) is 7.68. The van der Waals surface area contributed by atoms with Crippen LogP contribution in [-0.2, 0) is 20.7 Å². The quantitative estimate of drug-likeness (QED) is 0.113. The molecule has 1 aliphatic rings. The van der Waals surface area contributed by atoms with Gasteiger partial charge in [-0.05, 0) is 49.1 Å². The molecule has 9 heteroatoms. The second-order valence-electron chi connectivity index (χ2n) is 10.0. The summed E-state index contributed by atoms with van der Waals surface area (Å²) in [6, 6.07) is 23.3. The molecule has 0 saturated carbocycles. The molecule has 0 bridgehead atoms. The van der Waals surface area contributed by atoms with Gasteiger partial charge in [-0.1, -0.05) is 72.8 Å². The van der Waals surface area contributed by atoms with Crippen LogP contribution in [0.3, 0.4) is 0 Å². The first-order valence-electron chi connectivity index (χ1n) is 12.9. The SMILES string of the molecule is COC(=O)[C@]1(C)C(=O)N(CCCc2ccccc2)[C@H](C(=O)c2cccc(-c3ccc(C(=N)N)cc3)c2)C1CN.Cl. The molecular formula is C31H35ClN4O4. The number of ketones is 1. The lowest BCUT2D eigenvalue weighted by atomic mass is 9.75. The fourth-order valence-electron chi connectivity index (χ4n) is 5.46. The summed E-state index contributed by atoms with van der Waals surface area (Å²) >= 11 is 0. The number of nitrogens with zero attached hydrogens (tertiary/aromatic N) is 1. The van der Waals surface area contributed by atoms with Gasteiger partial charge in [0.2, 0.25) is 5.91 Å². The summed E-state index contributed by atoms with van der Waals surface area (Å²) < 4.78 is 5.02. The van der Waals surface area contributed by atoms with E-state index in [-0.39, 0.29) is 30.6 Å². The summed E-state index contributed by atoms with van der Waals surface area (Å²) in [5, 5.41) is 7.60. The molecule has 3 aromatic carbocycles. The summed E-state index contributed by atoms with van der Waals surface area (Å²) in [5.74, 6) is -2.17. The molecule has 1 aliphatic heterocycles. The number of Topliss-reactive ketones (excluding diaryl/α,β-unsaturated/α-hetero) is 1. The van der Waals surface area contributed by atoms with E-state index in [0.717, 1.165) is 23.1 Å².